The summed E-state index contributed by atoms with van der Waals surface area (Å²) in [5.74, 6) is 0.799. The predicted molar refractivity (Wildman–Crippen MR) is 90.4 cm³/mol. The predicted octanol–water partition coefficient (Wildman–Crippen LogP) is 4.48. The Morgan fingerprint density at radius 1 is 1.41 bits per heavy atom. The minimum Gasteiger partial charge on any atom is -0.351 e. The average molecular weight is 298 g/mol. The molecule has 0 aliphatic heterocycles. The largest absolute Gasteiger partial charge is 0.351 e. The van der Waals surface area contributed by atoms with Crippen LogP contribution in [-0.4, -0.2) is 15.8 Å². The van der Waals surface area contributed by atoms with Crippen molar-refractivity contribution in [3.05, 3.63) is 28.6 Å². The summed E-state index contributed by atoms with van der Waals surface area (Å²) in [5, 5.41) is 0. The number of rotatable bonds is 2. The normalized spacial score (nSPS) is 18.5. The number of fused-ring (bicyclic) bond motifs is 2. The van der Waals surface area contributed by atoms with Crippen molar-refractivity contribution in [3.63, 3.8) is 0 Å². The standard InChI is InChI=1S/C19H26N2O/c1-6-14-17(11(2)22)21-16-10-12-9-13(19(3,4)5)7-8-15(12)20-18(14)16/h10,13,21H,6-9H2,1-5H3. The number of carbonyl (C=O) groups excluding carboxylic acids is 1. The van der Waals surface area contributed by atoms with Gasteiger partial charge in [0.25, 0.3) is 0 Å². The maximum absolute atomic E-state index is 11.8. The smallest absolute Gasteiger partial charge is 0.176 e. The summed E-state index contributed by atoms with van der Waals surface area (Å²) in [7, 11) is 0. The van der Waals surface area contributed by atoms with E-state index >= 15 is 0 Å². The molecule has 0 aromatic carbocycles. The van der Waals surface area contributed by atoms with Crippen LogP contribution in [0.2, 0.25) is 0 Å². The number of ketones is 1. The van der Waals surface area contributed by atoms with E-state index in [2.05, 4.69) is 38.7 Å². The first-order valence-corrected chi connectivity index (χ1v) is 8.35. The molecular formula is C19H26N2O. The van der Waals surface area contributed by atoms with Gasteiger partial charge >= 0.3 is 0 Å². The topological polar surface area (TPSA) is 45.8 Å². The number of Topliss-reactive ketones (excluding diaryl/α,β-unsaturated/α-hetero) is 1. The number of hydrogen-bond donors (Lipinski definition) is 1. The van der Waals surface area contributed by atoms with Crippen LogP contribution in [0.1, 0.15) is 68.3 Å². The molecule has 0 radical (unpaired) electrons. The minimum absolute atomic E-state index is 0.0976. The molecule has 0 amide bonds. The fraction of sp³-hybridized carbons (Fsp3) is 0.579. The van der Waals surface area contributed by atoms with Gasteiger partial charge in [-0.2, -0.15) is 0 Å². The molecule has 0 fully saturated rings. The van der Waals surface area contributed by atoms with Crippen molar-refractivity contribution >= 4 is 16.8 Å². The molecule has 0 bridgehead atoms. The summed E-state index contributed by atoms with van der Waals surface area (Å²) in [5.41, 5.74) is 6.76. The maximum Gasteiger partial charge on any atom is 0.176 e. The molecule has 0 saturated heterocycles. The first kappa shape index (κ1) is 15.3. The van der Waals surface area contributed by atoms with Gasteiger partial charge in [0, 0.05) is 18.2 Å². The molecule has 0 spiro atoms. The Labute approximate surface area is 132 Å². The lowest BCUT2D eigenvalue weighted by Gasteiger charge is -2.34. The van der Waals surface area contributed by atoms with E-state index in [-0.39, 0.29) is 5.78 Å². The number of nitrogens with one attached hydrogen (secondary N) is 1. The van der Waals surface area contributed by atoms with Crippen molar-refractivity contribution in [3.8, 4) is 0 Å². The number of H-pyrrole nitrogens is 1. The number of hydrogen-bond acceptors (Lipinski definition) is 2. The highest BCUT2D eigenvalue weighted by atomic mass is 16.1. The van der Waals surface area contributed by atoms with Crippen molar-refractivity contribution in [2.45, 2.75) is 60.3 Å². The highest BCUT2D eigenvalue weighted by Gasteiger charge is 2.30. The summed E-state index contributed by atoms with van der Waals surface area (Å²) in [4.78, 5) is 20.1. The molecule has 3 heteroatoms. The summed E-state index contributed by atoms with van der Waals surface area (Å²) in [6, 6.07) is 2.24. The number of nitrogens with zero attached hydrogens (tertiary/aromatic N) is 1. The van der Waals surface area contributed by atoms with Gasteiger partial charge in [-0.25, -0.2) is 0 Å². The number of pyridine rings is 1. The first-order valence-electron chi connectivity index (χ1n) is 8.35. The highest BCUT2D eigenvalue weighted by Crippen LogP contribution is 2.38. The lowest BCUT2D eigenvalue weighted by atomic mass is 9.71. The molecular weight excluding hydrogens is 272 g/mol. The fourth-order valence-electron chi connectivity index (χ4n) is 3.70. The second-order valence-electron chi connectivity index (χ2n) is 7.68. The quantitative estimate of drug-likeness (QED) is 0.831. The lowest BCUT2D eigenvalue weighted by Crippen LogP contribution is -2.27. The first-order chi connectivity index (χ1) is 10.3. The molecule has 1 N–H and O–H groups in total. The second-order valence-corrected chi connectivity index (χ2v) is 7.68. The van der Waals surface area contributed by atoms with E-state index in [0.29, 0.717) is 11.3 Å². The third-order valence-electron chi connectivity index (χ3n) is 5.16. The molecule has 1 unspecified atom stereocenters. The van der Waals surface area contributed by atoms with Crippen molar-refractivity contribution in [2.75, 3.05) is 0 Å². The molecule has 3 rings (SSSR count). The summed E-state index contributed by atoms with van der Waals surface area (Å²) in [6.45, 7) is 10.7. The van der Waals surface area contributed by atoms with E-state index in [1.54, 1.807) is 6.92 Å². The monoisotopic (exact) mass is 298 g/mol. The second kappa shape index (κ2) is 5.22. The van der Waals surface area contributed by atoms with Crippen LogP contribution in [0, 0.1) is 11.3 Å². The Balaban J connectivity index is 2.10. The molecule has 1 atom stereocenters. The van der Waals surface area contributed by atoms with Gasteiger partial charge in [0.05, 0.1) is 16.7 Å². The Hall–Kier alpha value is -1.64. The van der Waals surface area contributed by atoms with Crippen LogP contribution >= 0.6 is 0 Å². The van der Waals surface area contributed by atoms with Crippen LogP contribution in [0.3, 0.4) is 0 Å². The van der Waals surface area contributed by atoms with Crippen molar-refractivity contribution in [1.82, 2.24) is 9.97 Å². The van der Waals surface area contributed by atoms with E-state index in [0.717, 1.165) is 41.6 Å². The molecule has 118 valence electrons. The van der Waals surface area contributed by atoms with Gasteiger partial charge in [-0.3, -0.25) is 9.78 Å². The van der Waals surface area contributed by atoms with Gasteiger partial charge in [-0.05, 0) is 48.6 Å². The van der Waals surface area contributed by atoms with Crippen LogP contribution in [-0.2, 0) is 19.3 Å². The molecule has 3 nitrogen and oxygen atoms in total. The minimum atomic E-state index is 0.0976. The Morgan fingerprint density at radius 2 is 2.14 bits per heavy atom. The van der Waals surface area contributed by atoms with E-state index in [4.69, 9.17) is 4.98 Å². The van der Waals surface area contributed by atoms with Gasteiger partial charge in [0.2, 0.25) is 0 Å². The third-order valence-corrected chi connectivity index (χ3v) is 5.16. The van der Waals surface area contributed by atoms with Crippen LogP contribution in [0.5, 0.6) is 0 Å². The number of aromatic nitrogens is 2. The highest BCUT2D eigenvalue weighted by molar-refractivity contribution is 6.00. The lowest BCUT2D eigenvalue weighted by molar-refractivity contribution is 0.101. The van der Waals surface area contributed by atoms with Crippen LogP contribution in [0.4, 0.5) is 0 Å². The molecule has 2 aromatic heterocycles. The van der Waals surface area contributed by atoms with Crippen LogP contribution < -0.4 is 0 Å². The number of carbonyl (C=O) groups is 1. The summed E-state index contributed by atoms with van der Waals surface area (Å²) in [6.07, 6.45) is 4.19. The Morgan fingerprint density at radius 3 is 2.73 bits per heavy atom. The number of aromatic amines is 1. The Kier molecular flexibility index (Phi) is 3.62. The fourth-order valence-corrected chi connectivity index (χ4v) is 3.70. The summed E-state index contributed by atoms with van der Waals surface area (Å²) < 4.78 is 0. The van der Waals surface area contributed by atoms with Crippen LogP contribution in [0.25, 0.3) is 11.0 Å². The molecule has 22 heavy (non-hydrogen) atoms. The van der Waals surface area contributed by atoms with Gasteiger partial charge < -0.3 is 4.98 Å². The van der Waals surface area contributed by atoms with Gasteiger partial charge in [-0.15, -0.1) is 0 Å². The van der Waals surface area contributed by atoms with Crippen LogP contribution in [0.15, 0.2) is 6.07 Å². The molecule has 1 aliphatic rings. The van der Waals surface area contributed by atoms with E-state index in [9.17, 15) is 4.79 Å². The number of aryl methyl sites for hydroxylation is 2. The van der Waals surface area contributed by atoms with E-state index in [1.165, 1.54) is 17.7 Å². The van der Waals surface area contributed by atoms with Crippen molar-refractivity contribution in [2.24, 2.45) is 11.3 Å². The molecule has 2 aromatic rings. The summed E-state index contributed by atoms with van der Waals surface area (Å²) >= 11 is 0. The molecule has 0 saturated carbocycles. The van der Waals surface area contributed by atoms with Crippen molar-refractivity contribution < 1.29 is 4.79 Å². The average Bonchev–Trinajstić information content (AvgIpc) is 2.80. The maximum atomic E-state index is 11.8. The zero-order valence-corrected chi connectivity index (χ0v) is 14.3. The van der Waals surface area contributed by atoms with E-state index < -0.39 is 0 Å². The zero-order chi connectivity index (χ0) is 16.1. The SMILES string of the molecule is CCc1c(C(C)=O)[nH]c2cc3c(nc12)CCC(C(C)(C)C)C3. The third kappa shape index (κ3) is 2.47. The van der Waals surface area contributed by atoms with Gasteiger partial charge in [0.15, 0.2) is 5.78 Å². The van der Waals surface area contributed by atoms with Gasteiger partial charge in [0.1, 0.15) is 0 Å². The van der Waals surface area contributed by atoms with Crippen molar-refractivity contribution in [1.29, 1.82) is 0 Å². The van der Waals surface area contributed by atoms with Gasteiger partial charge in [-0.1, -0.05) is 27.7 Å². The molecule has 1 aliphatic carbocycles. The van der Waals surface area contributed by atoms with E-state index in [1.807, 2.05) is 0 Å². The Bertz CT molecular complexity index is 734. The molecule has 2 heterocycles. The zero-order valence-electron chi connectivity index (χ0n) is 14.3.